The van der Waals surface area contributed by atoms with Gasteiger partial charge in [0.2, 0.25) is 0 Å². The Bertz CT molecular complexity index is 753. The first-order chi connectivity index (χ1) is 13.6. The van der Waals surface area contributed by atoms with Gasteiger partial charge in [-0.05, 0) is 75.3 Å². The summed E-state index contributed by atoms with van der Waals surface area (Å²) in [5.74, 6) is 1.02. The highest BCUT2D eigenvalue weighted by molar-refractivity contribution is 6.20. The van der Waals surface area contributed by atoms with E-state index in [9.17, 15) is 18.0 Å². The smallest absolute Gasteiger partial charge is 0.416 e. The van der Waals surface area contributed by atoms with Gasteiger partial charge in [-0.2, -0.15) is 13.2 Å². The second kappa shape index (κ2) is 12.2. The van der Waals surface area contributed by atoms with Crippen LogP contribution < -0.4 is 15.4 Å². The highest BCUT2D eigenvalue weighted by Gasteiger charge is 2.30. The summed E-state index contributed by atoms with van der Waals surface area (Å²) >= 11 is 5.18. The van der Waals surface area contributed by atoms with Crippen molar-refractivity contribution < 1.29 is 27.8 Å². The Kier molecular flexibility index (Phi) is 10.3. The van der Waals surface area contributed by atoms with Crippen molar-refractivity contribution in [3.8, 4) is 11.5 Å². The van der Waals surface area contributed by atoms with Crippen LogP contribution in [0.4, 0.5) is 18.0 Å². The van der Waals surface area contributed by atoms with E-state index in [0.717, 1.165) is 37.1 Å². The minimum absolute atomic E-state index is 0.389. The first-order valence-electron chi connectivity index (χ1n) is 8.84. The molecule has 1 atom stereocenters. The highest BCUT2D eigenvalue weighted by atomic mass is 35.5. The third kappa shape index (κ3) is 10.6. The zero-order chi connectivity index (χ0) is 21.9. The van der Waals surface area contributed by atoms with Gasteiger partial charge in [0.15, 0.2) is 0 Å². The number of halogens is 4. The standard InChI is InChI=1S/C17H18F3NO.C3H6ClNO2/c1-21-11-3-5-13-4-2-6-16(12-13)22-15-9-7-14(8-10-15)17(18,19)20;1-2(4)5-3(6)7/h2,4,6-10,12,21H,3,5,11H2,1H3;2,5H,1H3,(H,6,7). The molecule has 0 aliphatic heterocycles. The van der Waals surface area contributed by atoms with Crippen LogP contribution in [0.25, 0.3) is 0 Å². The van der Waals surface area contributed by atoms with Crippen molar-refractivity contribution in [2.24, 2.45) is 0 Å². The summed E-state index contributed by atoms with van der Waals surface area (Å²) < 4.78 is 43.1. The van der Waals surface area contributed by atoms with Crippen LogP contribution in [0.2, 0.25) is 0 Å². The van der Waals surface area contributed by atoms with Gasteiger partial charge in [0.25, 0.3) is 0 Å². The normalized spacial score (nSPS) is 11.8. The Morgan fingerprint density at radius 1 is 1.17 bits per heavy atom. The topological polar surface area (TPSA) is 70.6 Å². The van der Waals surface area contributed by atoms with E-state index in [-0.39, 0.29) is 0 Å². The van der Waals surface area contributed by atoms with E-state index in [4.69, 9.17) is 21.4 Å². The van der Waals surface area contributed by atoms with E-state index < -0.39 is 23.3 Å². The molecule has 0 bridgehead atoms. The molecule has 2 aromatic rings. The van der Waals surface area contributed by atoms with E-state index in [1.54, 1.807) is 6.07 Å². The molecule has 1 amide bonds. The Hall–Kier alpha value is -2.45. The van der Waals surface area contributed by atoms with Crippen molar-refractivity contribution in [1.29, 1.82) is 0 Å². The van der Waals surface area contributed by atoms with Crippen molar-refractivity contribution in [3.63, 3.8) is 0 Å². The molecule has 0 aromatic heterocycles. The quantitative estimate of drug-likeness (QED) is 0.307. The molecule has 0 fully saturated rings. The lowest BCUT2D eigenvalue weighted by atomic mass is 10.1. The fourth-order valence-corrected chi connectivity index (χ4v) is 2.35. The minimum atomic E-state index is -4.33. The fourth-order valence-electron chi connectivity index (χ4n) is 2.25. The molecule has 3 N–H and O–H groups in total. The molecule has 1 unspecified atom stereocenters. The molecule has 0 aliphatic rings. The molecule has 0 saturated heterocycles. The molecule has 0 aliphatic carbocycles. The fraction of sp³-hybridized carbons (Fsp3) is 0.350. The van der Waals surface area contributed by atoms with Crippen LogP contribution in [0, 0.1) is 0 Å². The lowest BCUT2D eigenvalue weighted by Crippen LogP contribution is -2.26. The van der Waals surface area contributed by atoms with E-state index in [0.29, 0.717) is 11.5 Å². The van der Waals surface area contributed by atoms with Crippen LogP contribution in [0.1, 0.15) is 24.5 Å². The Balaban J connectivity index is 0.000000516. The van der Waals surface area contributed by atoms with Gasteiger partial charge in [0.1, 0.15) is 17.0 Å². The van der Waals surface area contributed by atoms with Crippen LogP contribution in [0.15, 0.2) is 48.5 Å². The maximum absolute atomic E-state index is 12.5. The van der Waals surface area contributed by atoms with E-state index in [1.807, 2.05) is 30.6 Å². The molecule has 0 heterocycles. The first kappa shape index (κ1) is 24.6. The van der Waals surface area contributed by atoms with Gasteiger partial charge in [0, 0.05) is 0 Å². The predicted molar refractivity (Wildman–Crippen MR) is 107 cm³/mol. The van der Waals surface area contributed by atoms with Gasteiger partial charge in [-0.15, -0.1) is 0 Å². The summed E-state index contributed by atoms with van der Waals surface area (Å²) in [4.78, 5) is 9.61. The van der Waals surface area contributed by atoms with Crippen LogP contribution in [-0.4, -0.2) is 30.3 Å². The summed E-state index contributed by atoms with van der Waals surface area (Å²) in [7, 11) is 1.91. The molecule has 29 heavy (non-hydrogen) atoms. The molecule has 0 spiro atoms. The molecule has 2 aromatic carbocycles. The molecule has 5 nitrogen and oxygen atoms in total. The summed E-state index contributed by atoms with van der Waals surface area (Å²) in [5.41, 5.74) is -0.0437. The number of carbonyl (C=O) groups is 1. The van der Waals surface area contributed by atoms with Crippen molar-refractivity contribution in [2.75, 3.05) is 13.6 Å². The average Bonchev–Trinajstić information content (AvgIpc) is 2.61. The van der Waals surface area contributed by atoms with Crippen LogP contribution >= 0.6 is 11.6 Å². The number of nitrogens with one attached hydrogen (secondary N) is 2. The van der Waals surface area contributed by atoms with Gasteiger partial charge in [-0.25, -0.2) is 4.79 Å². The van der Waals surface area contributed by atoms with Crippen molar-refractivity contribution >= 4 is 17.7 Å². The second-order valence-electron chi connectivity index (χ2n) is 6.04. The molecular formula is C20H24ClF3N2O3. The highest BCUT2D eigenvalue weighted by Crippen LogP contribution is 2.31. The number of aryl methyl sites for hydroxylation is 1. The molecule has 9 heteroatoms. The third-order valence-corrected chi connectivity index (χ3v) is 3.64. The van der Waals surface area contributed by atoms with Gasteiger partial charge in [0.05, 0.1) is 5.56 Å². The third-order valence-electron chi connectivity index (χ3n) is 3.53. The maximum Gasteiger partial charge on any atom is 0.416 e. The van der Waals surface area contributed by atoms with Crippen LogP contribution in [0.3, 0.4) is 0 Å². The molecule has 160 valence electrons. The van der Waals surface area contributed by atoms with E-state index in [1.165, 1.54) is 19.1 Å². The molecule has 0 saturated carbocycles. The number of benzene rings is 2. The number of ether oxygens (including phenoxy) is 1. The maximum atomic E-state index is 12.5. The summed E-state index contributed by atoms with van der Waals surface area (Å²) in [6, 6.07) is 12.3. The van der Waals surface area contributed by atoms with E-state index >= 15 is 0 Å². The monoisotopic (exact) mass is 432 g/mol. The molecule has 2 rings (SSSR count). The van der Waals surface area contributed by atoms with Crippen molar-refractivity contribution in [3.05, 3.63) is 59.7 Å². The number of hydrogen-bond donors (Lipinski definition) is 3. The van der Waals surface area contributed by atoms with Crippen molar-refractivity contribution in [2.45, 2.75) is 31.4 Å². The lowest BCUT2D eigenvalue weighted by Gasteiger charge is -2.10. The first-order valence-corrected chi connectivity index (χ1v) is 9.27. The number of carboxylic acid groups (broad SMARTS) is 1. The number of rotatable bonds is 7. The Morgan fingerprint density at radius 3 is 2.31 bits per heavy atom. The zero-order valence-electron chi connectivity index (χ0n) is 16.1. The number of hydrogen-bond acceptors (Lipinski definition) is 3. The van der Waals surface area contributed by atoms with Gasteiger partial charge in [-0.1, -0.05) is 23.7 Å². The minimum Gasteiger partial charge on any atom is -0.465 e. The van der Waals surface area contributed by atoms with Crippen LogP contribution in [0.5, 0.6) is 11.5 Å². The summed E-state index contributed by atoms with van der Waals surface area (Å²) in [5, 5.41) is 13.0. The largest absolute Gasteiger partial charge is 0.465 e. The predicted octanol–water partition coefficient (Wildman–Crippen LogP) is 5.49. The number of alkyl halides is 4. The lowest BCUT2D eigenvalue weighted by molar-refractivity contribution is -0.137. The second-order valence-corrected chi connectivity index (χ2v) is 6.70. The molecular weight excluding hydrogens is 409 g/mol. The average molecular weight is 433 g/mol. The van der Waals surface area contributed by atoms with Gasteiger partial charge >= 0.3 is 12.3 Å². The SMILES string of the molecule is CC(Cl)NC(=O)O.CNCCCc1cccc(Oc2ccc(C(F)(F)F)cc2)c1. The summed E-state index contributed by atoms with van der Waals surface area (Å²) in [6.07, 6.45) is -3.49. The van der Waals surface area contributed by atoms with E-state index in [2.05, 4.69) is 5.32 Å². The number of amides is 1. The van der Waals surface area contributed by atoms with Crippen molar-refractivity contribution in [1.82, 2.24) is 10.6 Å². The Morgan fingerprint density at radius 2 is 1.83 bits per heavy atom. The summed E-state index contributed by atoms with van der Waals surface area (Å²) in [6.45, 7) is 2.47. The van der Waals surface area contributed by atoms with Gasteiger partial charge < -0.3 is 20.5 Å². The zero-order valence-corrected chi connectivity index (χ0v) is 16.8. The molecule has 0 radical (unpaired) electrons. The van der Waals surface area contributed by atoms with Gasteiger partial charge in [-0.3, -0.25) is 0 Å². The Labute approximate surface area is 172 Å². The van der Waals surface area contributed by atoms with Crippen LogP contribution in [-0.2, 0) is 12.6 Å².